The Morgan fingerprint density at radius 1 is 1.73 bits per heavy atom. The van der Waals surface area contributed by atoms with Crippen molar-refractivity contribution in [3.63, 3.8) is 0 Å². The van der Waals surface area contributed by atoms with Gasteiger partial charge in [-0.05, 0) is 13.8 Å². The van der Waals surface area contributed by atoms with Crippen LogP contribution in [-0.4, -0.2) is 45.0 Å². The van der Waals surface area contributed by atoms with Gasteiger partial charge in [-0.15, -0.1) is 0 Å². The molecule has 0 aromatic rings. The van der Waals surface area contributed by atoms with Crippen LogP contribution in [0.5, 0.6) is 0 Å². The maximum absolute atomic E-state index is 11.8. The number of hydrogen-bond donors (Lipinski definition) is 1. The van der Waals surface area contributed by atoms with Crippen LogP contribution in [0.2, 0.25) is 0 Å². The summed E-state index contributed by atoms with van der Waals surface area (Å²) < 4.78 is 15.3. The highest BCUT2D eigenvalue weighted by atomic mass is 16.6. The van der Waals surface area contributed by atoms with Crippen molar-refractivity contribution in [2.24, 2.45) is 11.1 Å². The van der Waals surface area contributed by atoms with Gasteiger partial charge in [0.05, 0.1) is 19.8 Å². The minimum absolute atomic E-state index is 0.257. The van der Waals surface area contributed by atoms with Crippen LogP contribution in [0.15, 0.2) is 0 Å². The summed E-state index contributed by atoms with van der Waals surface area (Å²) >= 11 is 0. The number of esters is 1. The predicted octanol–water partition coefficient (Wildman–Crippen LogP) is -0.0717. The minimum Gasteiger partial charge on any atom is -0.460 e. The summed E-state index contributed by atoms with van der Waals surface area (Å²) in [7, 11) is 1.57. The summed E-state index contributed by atoms with van der Waals surface area (Å²) in [5.74, 6) is -0.308. The maximum atomic E-state index is 11.8. The van der Waals surface area contributed by atoms with Crippen LogP contribution in [-0.2, 0) is 19.0 Å². The van der Waals surface area contributed by atoms with Crippen molar-refractivity contribution < 1.29 is 19.0 Å². The summed E-state index contributed by atoms with van der Waals surface area (Å²) in [6.45, 7) is 4.67. The van der Waals surface area contributed by atoms with E-state index in [0.29, 0.717) is 19.8 Å². The molecule has 0 amide bonds. The van der Waals surface area contributed by atoms with Crippen molar-refractivity contribution in [1.29, 1.82) is 0 Å². The summed E-state index contributed by atoms with van der Waals surface area (Å²) in [5.41, 5.74) is 5.09. The van der Waals surface area contributed by atoms with Crippen molar-refractivity contribution in [3.05, 3.63) is 0 Å². The van der Waals surface area contributed by atoms with Gasteiger partial charge < -0.3 is 19.9 Å². The normalized spacial score (nSPS) is 32.7. The van der Waals surface area contributed by atoms with Gasteiger partial charge in [0.2, 0.25) is 0 Å². The van der Waals surface area contributed by atoms with E-state index in [1.807, 2.05) is 0 Å². The second-order valence-corrected chi connectivity index (χ2v) is 4.21. The van der Waals surface area contributed by atoms with Crippen LogP contribution in [0.1, 0.15) is 13.8 Å². The number of ether oxygens (including phenoxy) is 3. The summed E-state index contributed by atoms with van der Waals surface area (Å²) in [4.78, 5) is 11.8. The van der Waals surface area contributed by atoms with Gasteiger partial charge >= 0.3 is 5.97 Å². The number of carbonyl (C=O) groups is 1. The number of rotatable bonds is 4. The first kappa shape index (κ1) is 12.4. The van der Waals surface area contributed by atoms with Crippen molar-refractivity contribution in [2.75, 3.05) is 26.9 Å². The Kier molecular flexibility index (Phi) is 4.07. The van der Waals surface area contributed by atoms with Crippen molar-refractivity contribution in [1.82, 2.24) is 0 Å². The molecule has 3 unspecified atom stereocenters. The molecule has 0 saturated carbocycles. The molecule has 0 spiro atoms. The van der Waals surface area contributed by atoms with Gasteiger partial charge in [0, 0.05) is 13.2 Å². The standard InChI is InChI=1S/C10H19NO4/c1-7(4-13-3)15-9(12)10(2)6-14-5-8(10)11/h7-8H,4-6,11H2,1-3H3. The van der Waals surface area contributed by atoms with Crippen LogP contribution in [0.3, 0.4) is 0 Å². The zero-order valence-electron chi connectivity index (χ0n) is 9.49. The molecule has 1 heterocycles. The van der Waals surface area contributed by atoms with E-state index < -0.39 is 5.41 Å². The largest absolute Gasteiger partial charge is 0.460 e. The van der Waals surface area contributed by atoms with Gasteiger partial charge in [0.25, 0.3) is 0 Å². The third-order valence-corrected chi connectivity index (χ3v) is 2.69. The Morgan fingerprint density at radius 2 is 2.40 bits per heavy atom. The number of hydrogen-bond acceptors (Lipinski definition) is 5. The van der Waals surface area contributed by atoms with Crippen LogP contribution in [0.4, 0.5) is 0 Å². The molecule has 2 N–H and O–H groups in total. The summed E-state index contributed by atoms with van der Waals surface area (Å²) in [6, 6.07) is -0.292. The third kappa shape index (κ3) is 2.68. The third-order valence-electron chi connectivity index (χ3n) is 2.69. The maximum Gasteiger partial charge on any atom is 0.316 e. The van der Waals surface area contributed by atoms with E-state index in [1.165, 1.54) is 0 Å². The van der Waals surface area contributed by atoms with Gasteiger partial charge in [-0.1, -0.05) is 0 Å². The molecule has 88 valence electrons. The molecule has 1 rings (SSSR count). The lowest BCUT2D eigenvalue weighted by atomic mass is 9.86. The summed E-state index contributed by atoms with van der Waals surface area (Å²) in [6.07, 6.45) is -0.257. The second-order valence-electron chi connectivity index (χ2n) is 4.21. The van der Waals surface area contributed by atoms with Gasteiger partial charge in [0.1, 0.15) is 11.5 Å². The van der Waals surface area contributed by atoms with Crippen molar-refractivity contribution >= 4 is 5.97 Å². The zero-order valence-corrected chi connectivity index (χ0v) is 9.49. The fourth-order valence-corrected chi connectivity index (χ4v) is 1.49. The second kappa shape index (κ2) is 4.92. The highest BCUT2D eigenvalue weighted by Crippen LogP contribution is 2.28. The van der Waals surface area contributed by atoms with E-state index in [-0.39, 0.29) is 18.1 Å². The monoisotopic (exact) mass is 217 g/mol. The number of carbonyl (C=O) groups excluding carboxylic acids is 1. The molecule has 0 aromatic carbocycles. The van der Waals surface area contributed by atoms with Gasteiger partial charge in [-0.3, -0.25) is 4.79 Å². The summed E-state index contributed by atoms with van der Waals surface area (Å²) in [5, 5.41) is 0. The van der Waals surface area contributed by atoms with Gasteiger partial charge in [-0.2, -0.15) is 0 Å². The first-order valence-corrected chi connectivity index (χ1v) is 5.04. The SMILES string of the molecule is COCC(C)OC(=O)C1(C)COCC1N. The molecule has 0 bridgehead atoms. The van der Waals surface area contributed by atoms with Gasteiger partial charge in [-0.25, -0.2) is 0 Å². The lowest BCUT2D eigenvalue weighted by Gasteiger charge is -2.26. The van der Waals surface area contributed by atoms with Crippen molar-refractivity contribution in [2.45, 2.75) is 26.0 Å². The van der Waals surface area contributed by atoms with E-state index in [4.69, 9.17) is 19.9 Å². The molecule has 1 aliphatic rings. The first-order valence-electron chi connectivity index (χ1n) is 5.04. The predicted molar refractivity (Wildman–Crippen MR) is 54.3 cm³/mol. The first-order chi connectivity index (χ1) is 7.00. The fourth-order valence-electron chi connectivity index (χ4n) is 1.49. The molecule has 0 aliphatic carbocycles. The molecule has 15 heavy (non-hydrogen) atoms. The Bertz CT molecular complexity index is 233. The number of methoxy groups -OCH3 is 1. The Labute approximate surface area is 89.9 Å². The van der Waals surface area contributed by atoms with Crippen LogP contribution >= 0.6 is 0 Å². The molecule has 1 fully saturated rings. The van der Waals surface area contributed by atoms with Crippen LogP contribution in [0.25, 0.3) is 0 Å². The van der Waals surface area contributed by atoms with Crippen LogP contribution < -0.4 is 5.73 Å². The number of nitrogens with two attached hydrogens (primary N) is 1. The molecule has 1 saturated heterocycles. The lowest BCUT2D eigenvalue weighted by molar-refractivity contribution is -0.162. The Morgan fingerprint density at radius 3 is 2.87 bits per heavy atom. The molecule has 0 radical (unpaired) electrons. The topological polar surface area (TPSA) is 70.8 Å². The van der Waals surface area contributed by atoms with E-state index in [0.717, 1.165) is 0 Å². The Hall–Kier alpha value is -0.650. The molecule has 5 nitrogen and oxygen atoms in total. The molecule has 0 aromatic heterocycles. The highest BCUT2D eigenvalue weighted by Gasteiger charge is 2.46. The van der Waals surface area contributed by atoms with E-state index >= 15 is 0 Å². The van der Waals surface area contributed by atoms with E-state index in [9.17, 15) is 4.79 Å². The zero-order chi connectivity index (χ0) is 11.5. The van der Waals surface area contributed by atoms with Crippen molar-refractivity contribution in [3.8, 4) is 0 Å². The Balaban J connectivity index is 2.52. The fraction of sp³-hybridized carbons (Fsp3) is 0.900. The molecular weight excluding hydrogens is 198 g/mol. The molecule has 1 aliphatic heterocycles. The molecule has 3 atom stereocenters. The minimum atomic E-state index is -0.720. The smallest absolute Gasteiger partial charge is 0.316 e. The van der Waals surface area contributed by atoms with E-state index in [1.54, 1.807) is 21.0 Å². The quantitative estimate of drug-likeness (QED) is 0.667. The lowest BCUT2D eigenvalue weighted by Crippen LogP contribution is -2.46. The average molecular weight is 217 g/mol. The average Bonchev–Trinajstić information content (AvgIpc) is 2.48. The van der Waals surface area contributed by atoms with E-state index in [2.05, 4.69) is 0 Å². The molecule has 5 heteroatoms. The highest BCUT2D eigenvalue weighted by molar-refractivity contribution is 5.78. The molecular formula is C10H19NO4. The van der Waals surface area contributed by atoms with Crippen LogP contribution in [0, 0.1) is 5.41 Å². The van der Waals surface area contributed by atoms with Gasteiger partial charge in [0.15, 0.2) is 0 Å².